The quantitative estimate of drug-likeness (QED) is 0.161. The molecule has 33 heavy (non-hydrogen) atoms. The van der Waals surface area contributed by atoms with E-state index in [9.17, 15) is 14.4 Å². The molecule has 0 bridgehead atoms. The van der Waals surface area contributed by atoms with Crippen molar-refractivity contribution in [3.05, 3.63) is 66.2 Å². The third kappa shape index (κ3) is 5.04. The van der Waals surface area contributed by atoms with E-state index in [1.165, 1.54) is 4.90 Å². The SMILES string of the molecule is O=C(CCCCCN1C(=O)N/C(=C\c2ccc3nccc(-c4ccncc4)c3c2)C1=O)NO. The van der Waals surface area contributed by atoms with Gasteiger partial charge in [0.15, 0.2) is 0 Å². The number of unbranched alkanes of at least 4 members (excludes halogenated alkanes) is 2. The van der Waals surface area contributed by atoms with Gasteiger partial charge in [-0.05, 0) is 65.9 Å². The number of nitrogens with zero attached hydrogens (tertiary/aromatic N) is 3. The van der Waals surface area contributed by atoms with Crippen LogP contribution in [0.3, 0.4) is 0 Å². The lowest BCUT2D eigenvalue weighted by Crippen LogP contribution is -2.31. The molecule has 1 fully saturated rings. The number of benzene rings is 1. The number of rotatable bonds is 8. The van der Waals surface area contributed by atoms with Crippen molar-refractivity contribution >= 4 is 34.8 Å². The zero-order valence-corrected chi connectivity index (χ0v) is 17.8. The molecule has 3 aromatic rings. The highest BCUT2D eigenvalue weighted by Crippen LogP contribution is 2.28. The second kappa shape index (κ2) is 10.0. The molecule has 1 aliphatic rings. The molecule has 3 N–H and O–H groups in total. The van der Waals surface area contributed by atoms with Gasteiger partial charge in [0, 0.05) is 36.9 Å². The molecule has 0 unspecified atom stereocenters. The molecule has 0 saturated carbocycles. The first-order valence-electron chi connectivity index (χ1n) is 10.6. The Kier molecular flexibility index (Phi) is 6.70. The topological polar surface area (TPSA) is 125 Å². The standard InChI is InChI=1S/C24H23N5O4/c30-22(28-33)4-2-1-3-13-29-23(31)21(27-24(29)32)15-16-5-6-20-19(14-16)18(9-12-26-20)17-7-10-25-11-8-17/h5-12,14-15,33H,1-4,13H2,(H,27,32)(H,28,30)/b21-15-. The van der Waals surface area contributed by atoms with E-state index in [1.54, 1.807) is 30.1 Å². The number of hydrogen-bond acceptors (Lipinski definition) is 6. The van der Waals surface area contributed by atoms with Gasteiger partial charge in [0.05, 0.1) is 5.52 Å². The van der Waals surface area contributed by atoms with Crippen molar-refractivity contribution in [1.82, 2.24) is 25.7 Å². The van der Waals surface area contributed by atoms with Crippen molar-refractivity contribution in [2.24, 2.45) is 0 Å². The smallest absolute Gasteiger partial charge is 0.303 e. The average molecular weight is 445 g/mol. The normalized spacial score (nSPS) is 14.7. The van der Waals surface area contributed by atoms with Gasteiger partial charge >= 0.3 is 6.03 Å². The summed E-state index contributed by atoms with van der Waals surface area (Å²) in [4.78, 5) is 45.7. The molecule has 3 heterocycles. The molecular weight excluding hydrogens is 422 g/mol. The molecule has 4 amide bonds. The number of fused-ring (bicyclic) bond motifs is 1. The second-order valence-electron chi connectivity index (χ2n) is 7.66. The summed E-state index contributed by atoms with van der Waals surface area (Å²) in [5.74, 6) is -0.832. The second-order valence-corrected chi connectivity index (χ2v) is 7.66. The van der Waals surface area contributed by atoms with E-state index in [4.69, 9.17) is 5.21 Å². The van der Waals surface area contributed by atoms with Crippen LogP contribution in [0.25, 0.3) is 28.1 Å². The highest BCUT2D eigenvalue weighted by molar-refractivity contribution is 6.14. The minimum atomic E-state index is -0.459. The van der Waals surface area contributed by atoms with E-state index in [-0.39, 0.29) is 24.6 Å². The summed E-state index contributed by atoms with van der Waals surface area (Å²) in [6, 6.07) is 11.0. The zero-order chi connectivity index (χ0) is 23.2. The van der Waals surface area contributed by atoms with Gasteiger partial charge in [0.2, 0.25) is 5.91 Å². The first kappa shape index (κ1) is 22.1. The van der Waals surface area contributed by atoms with Gasteiger partial charge in [0.1, 0.15) is 5.70 Å². The van der Waals surface area contributed by atoms with E-state index in [2.05, 4.69) is 15.3 Å². The summed E-state index contributed by atoms with van der Waals surface area (Å²) in [5, 5.41) is 12.1. The van der Waals surface area contributed by atoms with Crippen molar-refractivity contribution in [3.8, 4) is 11.1 Å². The van der Waals surface area contributed by atoms with Crippen LogP contribution in [-0.2, 0) is 9.59 Å². The maximum absolute atomic E-state index is 12.7. The number of pyridine rings is 2. The Morgan fingerprint density at radius 2 is 1.88 bits per heavy atom. The molecule has 0 aliphatic carbocycles. The number of nitrogens with one attached hydrogen (secondary N) is 2. The monoisotopic (exact) mass is 445 g/mol. The molecule has 2 aromatic heterocycles. The van der Waals surface area contributed by atoms with Gasteiger partial charge in [-0.25, -0.2) is 10.3 Å². The van der Waals surface area contributed by atoms with Crippen molar-refractivity contribution in [2.75, 3.05) is 6.54 Å². The van der Waals surface area contributed by atoms with Crippen LogP contribution in [-0.4, -0.2) is 44.5 Å². The largest absolute Gasteiger partial charge is 0.329 e. The Morgan fingerprint density at radius 1 is 1.06 bits per heavy atom. The number of imide groups is 1. The minimum Gasteiger partial charge on any atom is -0.303 e. The third-order valence-electron chi connectivity index (χ3n) is 5.44. The summed E-state index contributed by atoms with van der Waals surface area (Å²) < 4.78 is 0. The van der Waals surface area contributed by atoms with Gasteiger partial charge < -0.3 is 5.32 Å². The highest BCUT2D eigenvalue weighted by Gasteiger charge is 2.32. The number of hydrogen-bond donors (Lipinski definition) is 3. The van der Waals surface area contributed by atoms with Crippen LogP contribution in [0, 0.1) is 0 Å². The predicted octanol–water partition coefficient (Wildman–Crippen LogP) is 3.26. The molecular formula is C24H23N5O4. The van der Waals surface area contributed by atoms with Gasteiger partial charge in [0.25, 0.3) is 5.91 Å². The van der Waals surface area contributed by atoms with E-state index in [0.717, 1.165) is 27.6 Å². The molecule has 9 nitrogen and oxygen atoms in total. The van der Waals surface area contributed by atoms with Crippen LogP contribution >= 0.6 is 0 Å². The van der Waals surface area contributed by atoms with Crippen molar-refractivity contribution < 1.29 is 19.6 Å². The number of urea groups is 1. The fourth-order valence-electron chi connectivity index (χ4n) is 3.77. The van der Waals surface area contributed by atoms with Gasteiger partial charge in [-0.3, -0.25) is 29.7 Å². The average Bonchev–Trinajstić information content (AvgIpc) is 3.11. The lowest BCUT2D eigenvalue weighted by Gasteiger charge is -2.11. The Balaban J connectivity index is 1.49. The van der Waals surface area contributed by atoms with Crippen LogP contribution in [0.1, 0.15) is 31.2 Å². The molecule has 9 heteroatoms. The summed E-state index contributed by atoms with van der Waals surface area (Å²) >= 11 is 0. The molecule has 0 atom stereocenters. The zero-order valence-electron chi connectivity index (χ0n) is 17.8. The van der Waals surface area contributed by atoms with E-state index < -0.39 is 11.9 Å². The molecule has 1 aliphatic heterocycles. The molecule has 0 spiro atoms. The number of amides is 4. The van der Waals surface area contributed by atoms with Crippen LogP contribution in [0.2, 0.25) is 0 Å². The number of carbonyl (C=O) groups is 3. The maximum Gasteiger partial charge on any atom is 0.329 e. The third-order valence-corrected chi connectivity index (χ3v) is 5.44. The highest BCUT2D eigenvalue weighted by atomic mass is 16.5. The van der Waals surface area contributed by atoms with Crippen LogP contribution < -0.4 is 10.8 Å². The fraction of sp³-hybridized carbons (Fsp3) is 0.208. The number of carbonyl (C=O) groups excluding carboxylic acids is 3. The van der Waals surface area contributed by atoms with Gasteiger partial charge in [-0.1, -0.05) is 12.5 Å². The minimum absolute atomic E-state index is 0.195. The Hall–Kier alpha value is -4.11. The van der Waals surface area contributed by atoms with Crippen molar-refractivity contribution in [2.45, 2.75) is 25.7 Å². The van der Waals surface area contributed by atoms with Crippen molar-refractivity contribution in [3.63, 3.8) is 0 Å². The van der Waals surface area contributed by atoms with Crippen LogP contribution in [0.5, 0.6) is 0 Å². The molecule has 0 radical (unpaired) electrons. The van der Waals surface area contributed by atoms with Gasteiger partial charge in [-0.15, -0.1) is 0 Å². The van der Waals surface area contributed by atoms with Crippen LogP contribution in [0.4, 0.5) is 4.79 Å². The molecule has 4 rings (SSSR count). The summed E-state index contributed by atoms with van der Waals surface area (Å²) in [5.41, 5.74) is 5.40. The lowest BCUT2D eigenvalue weighted by atomic mass is 10.0. The van der Waals surface area contributed by atoms with E-state index in [1.807, 2.05) is 36.4 Å². The maximum atomic E-state index is 12.7. The lowest BCUT2D eigenvalue weighted by molar-refractivity contribution is -0.129. The Labute approximate surface area is 190 Å². The molecule has 1 aromatic carbocycles. The van der Waals surface area contributed by atoms with Gasteiger partial charge in [-0.2, -0.15) is 0 Å². The Morgan fingerprint density at radius 3 is 2.67 bits per heavy atom. The Bertz CT molecular complexity index is 1230. The summed E-state index contributed by atoms with van der Waals surface area (Å²) in [6.45, 7) is 0.260. The molecule has 168 valence electrons. The van der Waals surface area contributed by atoms with Crippen LogP contribution in [0.15, 0.2) is 60.7 Å². The van der Waals surface area contributed by atoms with E-state index in [0.29, 0.717) is 19.3 Å². The van der Waals surface area contributed by atoms with E-state index >= 15 is 0 Å². The first-order valence-corrected chi connectivity index (χ1v) is 10.6. The fourth-order valence-corrected chi connectivity index (χ4v) is 3.77. The predicted molar refractivity (Wildman–Crippen MR) is 122 cm³/mol. The number of hydroxylamine groups is 1. The number of aromatic nitrogens is 2. The molecule has 1 saturated heterocycles. The van der Waals surface area contributed by atoms with Crippen molar-refractivity contribution in [1.29, 1.82) is 0 Å². The summed E-state index contributed by atoms with van der Waals surface area (Å²) in [6.07, 6.45) is 8.86. The first-order chi connectivity index (χ1) is 16.1. The summed E-state index contributed by atoms with van der Waals surface area (Å²) in [7, 11) is 0.